The molecule has 0 radical (unpaired) electrons. The highest BCUT2D eigenvalue weighted by atomic mass is 32.2. The maximum absolute atomic E-state index is 12.5. The molecule has 2 aromatic rings. The molecule has 3 rings (SSSR count). The van der Waals surface area contributed by atoms with Crippen molar-refractivity contribution < 1.29 is 17.9 Å². The van der Waals surface area contributed by atoms with Crippen LogP contribution in [0.1, 0.15) is 37.1 Å². The maximum Gasteiger partial charge on any atom is 0.223 e. The van der Waals surface area contributed by atoms with Crippen LogP contribution in [0.25, 0.3) is 5.69 Å². The number of aromatic nitrogens is 2. The van der Waals surface area contributed by atoms with Gasteiger partial charge in [-0.25, -0.2) is 13.1 Å². The smallest absolute Gasteiger partial charge is 0.223 e. The first kappa shape index (κ1) is 19.4. The van der Waals surface area contributed by atoms with Crippen molar-refractivity contribution in [3.8, 4) is 11.4 Å². The van der Waals surface area contributed by atoms with Crippen LogP contribution in [0.2, 0.25) is 0 Å². The lowest BCUT2D eigenvalue weighted by Gasteiger charge is -2.23. The van der Waals surface area contributed by atoms with Crippen LogP contribution in [0.5, 0.6) is 5.75 Å². The molecule has 0 aliphatic carbocycles. The molecule has 0 unspecified atom stereocenters. The number of nitrogens with zero attached hydrogens (tertiary/aromatic N) is 2. The normalized spacial score (nSPS) is 18.0. The lowest BCUT2D eigenvalue weighted by atomic mass is 10.0. The molecule has 0 saturated carbocycles. The number of amides is 1. The topological polar surface area (TPSA) is 90.3 Å². The fourth-order valence-corrected chi connectivity index (χ4v) is 4.88. The van der Waals surface area contributed by atoms with Gasteiger partial charge in [0.1, 0.15) is 15.6 Å². The summed E-state index contributed by atoms with van der Waals surface area (Å²) in [5.41, 5.74) is 2.79. The molecule has 27 heavy (non-hydrogen) atoms. The van der Waals surface area contributed by atoms with Crippen molar-refractivity contribution >= 4 is 15.7 Å². The molecule has 0 bridgehead atoms. The number of sulfone groups is 1. The van der Waals surface area contributed by atoms with E-state index in [4.69, 9.17) is 4.74 Å². The average Bonchev–Trinajstić information content (AvgIpc) is 3.03. The summed E-state index contributed by atoms with van der Waals surface area (Å²) in [6.45, 7) is 3.88. The lowest BCUT2D eigenvalue weighted by Crippen LogP contribution is -2.37. The molecule has 1 atom stereocenters. The van der Waals surface area contributed by atoms with Gasteiger partial charge in [-0.1, -0.05) is 0 Å². The van der Waals surface area contributed by atoms with Gasteiger partial charge in [-0.2, -0.15) is 5.10 Å². The second kappa shape index (κ2) is 7.72. The van der Waals surface area contributed by atoms with E-state index < -0.39 is 9.84 Å². The molecule has 146 valence electrons. The largest absolute Gasteiger partial charge is 0.497 e. The van der Waals surface area contributed by atoms with E-state index in [0.717, 1.165) is 22.7 Å². The van der Waals surface area contributed by atoms with E-state index in [1.54, 1.807) is 13.3 Å². The van der Waals surface area contributed by atoms with E-state index in [9.17, 15) is 13.2 Å². The van der Waals surface area contributed by atoms with Gasteiger partial charge in [-0.15, -0.1) is 0 Å². The quantitative estimate of drug-likeness (QED) is 0.844. The molecule has 1 amide bonds. The summed E-state index contributed by atoms with van der Waals surface area (Å²) in [4.78, 5) is 12.5. The summed E-state index contributed by atoms with van der Waals surface area (Å²) in [5, 5.41) is 7.46. The zero-order chi connectivity index (χ0) is 19.6. The Morgan fingerprint density at radius 3 is 2.48 bits per heavy atom. The molecule has 0 spiro atoms. The number of carbonyl (C=O) groups is 1. The summed E-state index contributed by atoms with van der Waals surface area (Å²) in [6, 6.07) is 7.39. The van der Waals surface area contributed by atoms with Gasteiger partial charge >= 0.3 is 0 Å². The lowest BCUT2D eigenvalue weighted by molar-refractivity contribution is -0.125. The zero-order valence-corrected chi connectivity index (χ0v) is 16.6. The number of ether oxygens (including phenoxy) is 1. The van der Waals surface area contributed by atoms with Crippen LogP contribution >= 0.6 is 0 Å². The standard InChI is InChI=1S/C19H25N3O4S/c1-13(21-19(23)15-8-10-27(24,25)11-9-15)18-12-20-22(14(18)2)16-4-6-17(26-3)7-5-16/h4-7,12-13,15H,8-11H2,1-3H3,(H,21,23)/t13-/m1/s1. The predicted octanol–water partition coefficient (Wildman–Crippen LogP) is 2.19. The third-order valence-electron chi connectivity index (χ3n) is 5.12. The van der Waals surface area contributed by atoms with Crippen molar-refractivity contribution in [3.05, 3.63) is 41.7 Å². The van der Waals surface area contributed by atoms with Gasteiger partial charge in [0.05, 0.1) is 36.5 Å². The maximum atomic E-state index is 12.5. The molecular formula is C19H25N3O4S. The molecule has 1 fully saturated rings. The molecule has 1 saturated heterocycles. The number of hydrogen-bond acceptors (Lipinski definition) is 5. The van der Waals surface area contributed by atoms with Crippen LogP contribution in [-0.4, -0.2) is 42.7 Å². The van der Waals surface area contributed by atoms with Crippen molar-refractivity contribution in [2.75, 3.05) is 18.6 Å². The minimum absolute atomic E-state index is 0.0889. The Hall–Kier alpha value is -2.35. The summed E-state index contributed by atoms with van der Waals surface area (Å²) >= 11 is 0. The summed E-state index contributed by atoms with van der Waals surface area (Å²) in [7, 11) is -1.35. The molecule has 1 N–H and O–H groups in total. The summed E-state index contributed by atoms with van der Waals surface area (Å²) in [5.74, 6) is 0.628. The Balaban J connectivity index is 1.69. The minimum Gasteiger partial charge on any atom is -0.497 e. The van der Waals surface area contributed by atoms with Crippen molar-refractivity contribution in [2.24, 2.45) is 5.92 Å². The Morgan fingerprint density at radius 2 is 1.89 bits per heavy atom. The van der Waals surface area contributed by atoms with E-state index in [1.807, 2.05) is 42.8 Å². The first-order valence-corrected chi connectivity index (χ1v) is 10.8. The highest BCUT2D eigenvalue weighted by Gasteiger charge is 2.29. The number of rotatable bonds is 5. The number of carbonyl (C=O) groups excluding carboxylic acids is 1. The van der Waals surface area contributed by atoms with Crippen molar-refractivity contribution in [3.63, 3.8) is 0 Å². The summed E-state index contributed by atoms with van der Waals surface area (Å²) < 4.78 is 30.1. The van der Waals surface area contributed by atoms with Crippen molar-refractivity contribution in [1.29, 1.82) is 0 Å². The monoisotopic (exact) mass is 391 g/mol. The first-order chi connectivity index (χ1) is 12.8. The average molecular weight is 391 g/mol. The van der Waals surface area contributed by atoms with Gasteiger partial charge in [0.25, 0.3) is 0 Å². The molecular weight excluding hydrogens is 366 g/mol. The second-order valence-corrected chi connectivity index (χ2v) is 9.26. The highest BCUT2D eigenvalue weighted by Crippen LogP contribution is 2.24. The van der Waals surface area contributed by atoms with Gasteiger partial charge < -0.3 is 10.1 Å². The third kappa shape index (κ3) is 4.32. The fraction of sp³-hybridized carbons (Fsp3) is 0.474. The zero-order valence-electron chi connectivity index (χ0n) is 15.8. The van der Waals surface area contributed by atoms with Crippen LogP contribution in [0, 0.1) is 12.8 Å². The van der Waals surface area contributed by atoms with Gasteiger partial charge in [-0.3, -0.25) is 4.79 Å². The molecule has 7 nitrogen and oxygen atoms in total. The van der Waals surface area contributed by atoms with Gasteiger partial charge in [0.15, 0.2) is 0 Å². The van der Waals surface area contributed by atoms with Gasteiger partial charge in [-0.05, 0) is 51.0 Å². The van der Waals surface area contributed by atoms with Crippen molar-refractivity contribution in [2.45, 2.75) is 32.7 Å². The molecule has 8 heteroatoms. The first-order valence-electron chi connectivity index (χ1n) is 9.00. The molecule has 1 aromatic heterocycles. The summed E-state index contributed by atoms with van der Waals surface area (Å²) in [6.07, 6.45) is 2.55. The Bertz CT molecular complexity index is 905. The number of benzene rings is 1. The van der Waals surface area contributed by atoms with Gasteiger partial charge in [0.2, 0.25) is 5.91 Å². The van der Waals surface area contributed by atoms with Gasteiger partial charge in [0, 0.05) is 17.2 Å². The molecule has 1 aliphatic rings. The number of methoxy groups -OCH3 is 1. The van der Waals surface area contributed by atoms with Crippen LogP contribution in [-0.2, 0) is 14.6 Å². The van der Waals surface area contributed by atoms with Crippen molar-refractivity contribution in [1.82, 2.24) is 15.1 Å². The molecule has 2 heterocycles. The van der Waals surface area contributed by atoms with E-state index in [0.29, 0.717) is 12.8 Å². The number of hydrogen-bond donors (Lipinski definition) is 1. The van der Waals surface area contributed by atoms with Crippen LogP contribution in [0.4, 0.5) is 0 Å². The second-order valence-electron chi connectivity index (χ2n) is 6.95. The Labute approximate surface area is 159 Å². The Morgan fingerprint density at radius 1 is 1.26 bits per heavy atom. The van der Waals surface area contributed by atoms with E-state index in [2.05, 4.69) is 10.4 Å². The predicted molar refractivity (Wildman–Crippen MR) is 103 cm³/mol. The third-order valence-corrected chi connectivity index (χ3v) is 6.83. The van der Waals surface area contributed by atoms with E-state index in [-0.39, 0.29) is 29.4 Å². The molecule has 1 aliphatic heterocycles. The van der Waals surface area contributed by atoms with Crippen LogP contribution in [0.15, 0.2) is 30.5 Å². The number of nitrogens with one attached hydrogen (secondary N) is 1. The van der Waals surface area contributed by atoms with Crippen LogP contribution in [0.3, 0.4) is 0 Å². The highest BCUT2D eigenvalue weighted by molar-refractivity contribution is 7.91. The molecule has 1 aromatic carbocycles. The van der Waals surface area contributed by atoms with E-state index >= 15 is 0 Å². The Kier molecular flexibility index (Phi) is 5.55. The minimum atomic E-state index is -2.97. The van der Waals surface area contributed by atoms with E-state index in [1.165, 1.54) is 0 Å². The fourth-order valence-electron chi connectivity index (χ4n) is 3.39. The SMILES string of the molecule is COc1ccc(-n2ncc([C@@H](C)NC(=O)C3CCS(=O)(=O)CC3)c2C)cc1. The van der Waals surface area contributed by atoms with Crippen LogP contribution < -0.4 is 10.1 Å².